The Morgan fingerprint density at radius 3 is 2.34 bits per heavy atom. The summed E-state index contributed by atoms with van der Waals surface area (Å²) >= 11 is 0. The van der Waals surface area contributed by atoms with Gasteiger partial charge in [-0.05, 0) is 48.3 Å². The Bertz CT molecular complexity index is 696. The van der Waals surface area contributed by atoms with Crippen LogP contribution in [0.1, 0.15) is 53.4 Å². The van der Waals surface area contributed by atoms with Crippen LogP contribution in [0.4, 0.5) is 0 Å². The Labute approximate surface area is 179 Å². The lowest BCUT2D eigenvalue weighted by atomic mass is 9.72. The zero-order valence-electron chi connectivity index (χ0n) is 19.0. The summed E-state index contributed by atoms with van der Waals surface area (Å²) in [5, 5.41) is 0. The Hall–Kier alpha value is -2.28. The van der Waals surface area contributed by atoms with Crippen LogP contribution in [0.2, 0.25) is 0 Å². The van der Waals surface area contributed by atoms with Crippen molar-refractivity contribution < 1.29 is 4.74 Å². The van der Waals surface area contributed by atoms with E-state index in [2.05, 4.69) is 66.2 Å². The third-order valence-corrected chi connectivity index (χ3v) is 5.80. The molecule has 1 heteroatoms. The minimum absolute atomic E-state index is 0.125. The highest BCUT2D eigenvalue weighted by atomic mass is 16.5. The zero-order valence-corrected chi connectivity index (χ0v) is 19.0. The summed E-state index contributed by atoms with van der Waals surface area (Å²) in [4.78, 5) is 0. The van der Waals surface area contributed by atoms with E-state index in [0.717, 1.165) is 31.4 Å². The molecule has 0 aromatic heterocycles. The first-order chi connectivity index (χ1) is 13.8. The topological polar surface area (TPSA) is 9.23 Å². The van der Waals surface area contributed by atoms with Gasteiger partial charge in [0.05, 0.1) is 0 Å². The molecule has 0 bridgehead atoms. The summed E-state index contributed by atoms with van der Waals surface area (Å²) in [5.74, 6) is 1.72. The van der Waals surface area contributed by atoms with Gasteiger partial charge in [-0.1, -0.05) is 109 Å². The van der Waals surface area contributed by atoms with Crippen LogP contribution >= 0.6 is 0 Å². The van der Waals surface area contributed by atoms with Crippen molar-refractivity contribution in [1.29, 1.82) is 0 Å². The van der Waals surface area contributed by atoms with E-state index in [1.54, 1.807) is 6.08 Å². The molecule has 3 atom stereocenters. The molecule has 1 heterocycles. The van der Waals surface area contributed by atoms with Crippen molar-refractivity contribution in [2.75, 3.05) is 0 Å². The summed E-state index contributed by atoms with van der Waals surface area (Å²) in [6, 6.07) is 0. The van der Waals surface area contributed by atoms with Crippen molar-refractivity contribution in [3.05, 3.63) is 97.9 Å². The summed E-state index contributed by atoms with van der Waals surface area (Å²) < 4.78 is 6.50. The lowest BCUT2D eigenvalue weighted by Gasteiger charge is -2.43. The molecule has 1 nitrogen and oxygen atoms in total. The average molecular weight is 393 g/mol. The highest BCUT2D eigenvalue weighted by Gasteiger charge is 2.39. The van der Waals surface area contributed by atoms with E-state index in [4.69, 9.17) is 4.74 Å². The van der Waals surface area contributed by atoms with Gasteiger partial charge in [-0.15, -0.1) is 0 Å². The minimum Gasteiger partial charge on any atom is -0.490 e. The van der Waals surface area contributed by atoms with Crippen LogP contribution in [-0.4, -0.2) is 6.10 Å². The number of allylic oxidation sites excluding steroid dienone is 11. The van der Waals surface area contributed by atoms with E-state index in [1.165, 1.54) is 11.1 Å². The normalized spacial score (nSPS) is 24.3. The van der Waals surface area contributed by atoms with Gasteiger partial charge in [-0.25, -0.2) is 0 Å². The first kappa shape index (κ1) is 24.8. The van der Waals surface area contributed by atoms with Crippen molar-refractivity contribution >= 4 is 0 Å². The van der Waals surface area contributed by atoms with Crippen molar-refractivity contribution in [3.8, 4) is 0 Å². The molecule has 158 valence electrons. The minimum atomic E-state index is 0.125. The largest absolute Gasteiger partial charge is 0.490 e. The van der Waals surface area contributed by atoms with Gasteiger partial charge in [-0.2, -0.15) is 0 Å². The van der Waals surface area contributed by atoms with Crippen LogP contribution in [-0.2, 0) is 4.74 Å². The summed E-state index contributed by atoms with van der Waals surface area (Å²) in [5.41, 5.74) is 2.59. The van der Waals surface area contributed by atoms with E-state index < -0.39 is 0 Å². The van der Waals surface area contributed by atoms with E-state index in [1.807, 2.05) is 36.5 Å². The highest BCUT2D eigenvalue weighted by molar-refractivity contribution is 5.36. The Kier molecular flexibility index (Phi) is 10.5. The molecular weight excluding hydrogens is 352 g/mol. The second-order valence-corrected chi connectivity index (χ2v) is 8.53. The van der Waals surface area contributed by atoms with Crippen LogP contribution < -0.4 is 0 Å². The maximum absolute atomic E-state index is 6.50. The molecule has 1 aliphatic heterocycles. The predicted molar refractivity (Wildman–Crippen MR) is 130 cm³/mol. The van der Waals surface area contributed by atoms with Crippen molar-refractivity contribution in [1.82, 2.24) is 0 Å². The SMILES string of the molecule is C=C/C=C\C=C(/C=C)C(C)CC1CC(C(C)(C)CCC)OC(=C/C=C)/C1=C\C=C. The quantitative estimate of drug-likeness (QED) is 0.321. The van der Waals surface area contributed by atoms with Gasteiger partial charge in [0.25, 0.3) is 0 Å². The molecule has 0 radical (unpaired) electrons. The molecule has 1 fully saturated rings. The van der Waals surface area contributed by atoms with Gasteiger partial charge < -0.3 is 4.74 Å². The molecule has 0 saturated carbocycles. The number of rotatable bonds is 11. The first-order valence-electron chi connectivity index (χ1n) is 10.8. The van der Waals surface area contributed by atoms with Crippen LogP contribution in [0, 0.1) is 17.3 Å². The Morgan fingerprint density at radius 2 is 1.79 bits per heavy atom. The van der Waals surface area contributed by atoms with Crippen LogP contribution in [0.15, 0.2) is 97.9 Å². The highest BCUT2D eigenvalue weighted by Crippen LogP contribution is 2.44. The lowest BCUT2D eigenvalue weighted by Crippen LogP contribution is -2.38. The van der Waals surface area contributed by atoms with Gasteiger partial charge in [0, 0.05) is 5.41 Å². The predicted octanol–water partition coefficient (Wildman–Crippen LogP) is 8.28. The molecule has 0 aromatic rings. The van der Waals surface area contributed by atoms with Gasteiger partial charge in [0.15, 0.2) is 0 Å². The average Bonchev–Trinajstić information content (AvgIpc) is 2.67. The molecule has 0 amide bonds. The molecule has 1 aliphatic rings. The fourth-order valence-electron chi connectivity index (χ4n) is 4.19. The Balaban J connectivity index is 3.25. The monoisotopic (exact) mass is 392 g/mol. The van der Waals surface area contributed by atoms with Crippen molar-refractivity contribution in [3.63, 3.8) is 0 Å². The molecule has 0 aromatic carbocycles. The molecule has 0 spiro atoms. The molecule has 0 aliphatic carbocycles. The third-order valence-electron chi connectivity index (χ3n) is 5.80. The molecule has 1 saturated heterocycles. The number of hydrogen-bond acceptors (Lipinski definition) is 1. The summed E-state index contributed by atoms with van der Waals surface area (Å²) in [6.45, 7) is 24.8. The molecule has 1 rings (SSSR count). The van der Waals surface area contributed by atoms with Gasteiger partial charge in [0.2, 0.25) is 0 Å². The van der Waals surface area contributed by atoms with Gasteiger partial charge >= 0.3 is 0 Å². The van der Waals surface area contributed by atoms with E-state index in [0.29, 0.717) is 11.8 Å². The molecule has 29 heavy (non-hydrogen) atoms. The van der Waals surface area contributed by atoms with Crippen molar-refractivity contribution in [2.24, 2.45) is 17.3 Å². The van der Waals surface area contributed by atoms with Crippen LogP contribution in [0.25, 0.3) is 0 Å². The van der Waals surface area contributed by atoms with E-state index in [-0.39, 0.29) is 11.5 Å². The standard InChI is InChI=1S/C28H40O/c1-9-14-15-18-23(13-5)22(6)20-24-21-27(28(7,8)19-12-4)29-26(17-11-3)25(24)16-10-2/h9-11,13-18,22,24,27H,1-3,5,12,19-21H2,4,6-8H3/b15-14-,23-18+,25-16-,26-17+. The maximum Gasteiger partial charge on any atom is 0.123 e. The van der Waals surface area contributed by atoms with Crippen molar-refractivity contribution in [2.45, 2.75) is 59.5 Å². The van der Waals surface area contributed by atoms with Crippen LogP contribution in [0.3, 0.4) is 0 Å². The fourth-order valence-corrected chi connectivity index (χ4v) is 4.19. The second-order valence-electron chi connectivity index (χ2n) is 8.53. The summed E-state index contributed by atoms with van der Waals surface area (Å²) in [6.07, 6.45) is 22.2. The maximum atomic E-state index is 6.50. The number of ether oxygens (including phenoxy) is 1. The summed E-state index contributed by atoms with van der Waals surface area (Å²) in [7, 11) is 0. The number of hydrogen-bond donors (Lipinski definition) is 0. The lowest BCUT2D eigenvalue weighted by molar-refractivity contribution is -0.0194. The zero-order chi connectivity index (χ0) is 21.9. The van der Waals surface area contributed by atoms with Gasteiger partial charge in [0.1, 0.15) is 11.9 Å². The van der Waals surface area contributed by atoms with E-state index in [9.17, 15) is 0 Å². The second kappa shape index (κ2) is 12.3. The van der Waals surface area contributed by atoms with E-state index >= 15 is 0 Å². The molecule has 3 unspecified atom stereocenters. The third kappa shape index (κ3) is 7.24. The smallest absolute Gasteiger partial charge is 0.123 e. The van der Waals surface area contributed by atoms with Crippen LogP contribution in [0.5, 0.6) is 0 Å². The fraction of sp³-hybridized carbons (Fsp3) is 0.429. The molecule has 0 N–H and O–H groups in total. The van der Waals surface area contributed by atoms with Gasteiger partial charge in [-0.3, -0.25) is 0 Å². The molecular formula is C28H40O. The first-order valence-corrected chi connectivity index (χ1v) is 10.8. The Morgan fingerprint density at radius 1 is 1.10 bits per heavy atom.